The highest BCUT2D eigenvalue weighted by molar-refractivity contribution is 9.10. The van der Waals surface area contributed by atoms with Gasteiger partial charge in [0.15, 0.2) is 5.78 Å². The van der Waals surface area contributed by atoms with Gasteiger partial charge in [-0.2, -0.15) is 0 Å². The van der Waals surface area contributed by atoms with Crippen molar-refractivity contribution in [2.24, 2.45) is 7.05 Å². The summed E-state index contributed by atoms with van der Waals surface area (Å²) in [7, 11) is 1.89. The van der Waals surface area contributed by atoms with Gasteiger partial charge in [0.25, 0.3) is 0 Å². The van der Waals surface area contributed by atoms with Crippen molar-refractivity contribution in [3.05, 3.63) is 59.0 Å². The minimum Gasteiger partial charge on any atom is -0.348 e. The zero-order valence-corrected chi connectivity index (χ0v) is 12.1. The van der Waals surface area contributed by atoms with E-state index in [1.807, 2.05) is 65.0 Å². The molecule has 0 fully saturated rings. The Balaban J connectivity index is 1.98. The number of para-hydroxylation sites is 1. The molecule has 0 N–H and O–H groups in total. The van der Waals surface area contributed by atoms with E-state index in [0.29, 0.717) is 6.54 Å². The summed E-state index contributed by atoms with van der Waals surface area (Å²) in [6.45, 7) is 0.351. The van der Waals surface area contributed by atoms with Gasteiger partial charge in [0.05, 0.1) is 12.2 Å². The Morgan fingerprint density at radius 3 is 2.74 bits per heavy atom. The predicted octanol–water partition coefficient (Wildman–Crippen LogP) is 3.63. The highest BCUT2D eigenvalue weighted by Crippen LogP contribution is 2.26. The van der Waals surface area contributed by atoms with Gasteiger partial charge in [0.2, 0.25) is 0 Å². The van der Waals surface area contributed by atoms with Gasteiger partial charge in [0.1, 0.15) is 0 Å². The number of Topliss-reactive ketones (excluding diaryl/α,β-unsaturated/α-hetero) is 1. The molecule has 1 aromatic carbocycles. The summed E-state index contributed by atoms with van der Waals surface area (Å²) in [5, 5.41) is 1.13. The first kappa shape index (κ1) is 12.2. The monoisotopic (exact) mass is 316 g/mol. The molecule has 0 unspecified atom stereocenters. The van der Waals surface area contributed by atoms with E-state index in [9.17, 15) is 4.79 Å². The highest BCUT2D eigenvalue weighted by Gasteiger charge is 2.12. The van der Waals surface area contributed by atoms with Gasteiger partial charge < -0.3 is 9.13 Å². The Morgan fingerprint density at radius 1 is 1.21 bits per heavy atom. The second-order valence-electron chi connectivity index (χ2n) is 4.55. The zero-order chi connectivity index (χ0) is 13.4. The normalized spacial score (nSPS) is 11.1. The number of aryl methyl sites for hydroxylation is 1. The van der Waals surface area contributed by atoms with E-state index >= 15 is 0 Å². The summed E-state index contributed by atoms with van der Waals surface area (Å²) in [4.78, 5) is 12.3. The van der Waals surface area contributed by atoms with E-state index in [-0.39, 0.29) is 5.78 Å². The molecule has 0 aliphatic rings. The summed E-state index contributed by atoms with van der Waals surface area (Å²) in [5.74, 6) is 0.112. The number of nitrogens with zero attached hydrogens (tertiary/aromatic N) is 2. The number of hydrogen-bond donors (Lipinski definition) is 0. The highest BCUT2D eigenvalue weighted by atomic mass is 79.9. The predicted molar refractivity (Wildman–Crippen MR) is 79.4 cm³/mol. The largest absolute Gasteiger partial charge is 0.348 e. The Kier molecular flexibility index (Phi) is 3.03. The molecule has 19 heavy (non-hydrogen) atoms. The van der Waals surface area contributed by atoms with Crippen LogP contribution in [0.25, 0.3) is 10.9 Å². The van der Waals surface area contributed by atoms with E-state index in [2.05, 4.69) is 15.9 Å². The number of carbonyl (C=O) groups excluding carboxylic acids is 1. The number of carbonyl (C=O) groups is 1. The van der Waals surface area contributed by atoms with Gasteiger partial charge in [-0.05, 0) is 34.1 Å². The third-order valence-corrected chi connectivity index (χ3v) is 3.92. The van der Waals surface area contributed by atoms with E-state index in [1.54, 1.807) is 0 Å². The summed E-state index contributed by atoms with van der Waals surface area (Å²) < 4.78 is 4.85. The van der Waals surface area contributed by atoms with Crippen LogP contribution in [0, 0.1) is 0 Å². The smallest absolute Gasteiger partial charge is 0.198 e. The lowest BCUT2D eigenvalue weighted by Gasteiger charge is -2.05. The van der Waals surface area contributed by atoms with E-state index in [4.69, 9.17) is 0 Å². The maximum absolute atomic E-state index is 12.3. The number of benzene rings is 1. The quantitative estimate of drug-likeness (QED) is 0.678. The summed E-state index contributed by atoms with van der Waals surface area (Å²) >= 11 is 3.53. The lowest BCUT2D eigenvalue weighted by molar-refractivity contribution is 0.0965. The van der Waals surface area contributed by atoms with Crippen LogP contribution in [0.4, 0.5) is 0 Å². The number of ketones is 1. The van der Waals surface area contributed by atoms with Crippen molar-refractivity contribution in [1.82, 2.24) is 9.13 Å². The molecule has 3 nitrogen and oxygen atoms in total. The van der Waals surface area contributed by atoms with Crippen molar-refractivity contribution < 1.29 is 4.79 Å². The van der Waals surface area contributed by atoms with Crippen LogP contribution in [-0.2, 0) is 13.6 Å². The first-order chi connectivity index (χ1) is 9.16. The molecule has 0 saturated heterocycles. The van der Waals surface area contributed by atoms with Gasteiger partial charge in [-0.25, -0.2) is 0 Å². The van der Waals surface area contributed by atoms with Crippen LogP contribution in [0.1, 0.15) is 10.5 Å². The number of aromatic nitrogens is 2. The first-order valence-electron chi connectivity index (χ1n) is 6.05. The van der Waals surface area contributed by atoms with Crippen LogP contribution in [0.2, 0.25) is 0 Å². The minimum atomic E-state index is 0.112. The molecule has 3 rings (SSSR count). The minimum absolute atomic E-state index is 0.112. The van der Waals surface area contributed by atoms with Crippen LogP contribution >= 0.6 is 15.9 Å². The Morgan fingerprint density at radius 2 is 2.00 bits per heavy atom. The third kappa shape index (κ3) is 2.12. The van der Waals surface area contributed by atoms with Crippen LogP contribution in [0.3, 0.4) is 0 Å². The number of fused-ring (bicyclic) bond motifs is 1. The molecule has 0 amide bonds. The Labute approximate surface area is 119 Å². The SMILES string of the molecule is Cn1cccc1C(=O)Cn1cc(Br)c2ccccc21. The van der Waals surface area contributed by atoms with Crippen molar-refractivity contribution in [2.45, 2.75) is 6.54 Å². The van der Waals surface area contributed by atoms with Gasteiger partial charge in [-0.1, -0.05) is 18.2 Å². The summed E-state index contributed by atoms with van der Waals surface area (Å²) in [5.41, 5.74) is 1.80. The standard InChI is InChI=1S/C15H13BrN2O/c1-17-8-4-7-14(17)15(19)10-18-9-12(16)11-5-2-3-6-13(11)18/h2-9H,10H2,1H3. The maximum atomic E-state index is 12.3. The zero-order valence-electron chi connectivity index (χ0n) is 10.5. The molecule has 0 bridgehead atoms. The average molecular weight is 317 g/mol. The second-order valence-corrected chi connectivity index (χ2v) is 5.40. The summed E-state index contributed by atoms with van der Waals surface area (Å²) in [6.07, 6.45) is 3.85. The molecule has 0 radical (unpaired) electrons. The molecule has 3 aromatic rings. The first-order valence-corrected chi connectivity index (χ1v) is 6.84. The fourth-order valence-electron chi connectivity index (χ4n) is 2.32. The fourth-order valence-corrected chi connectivity index (χ4v) is 2.90. The summed E-state index contributed by atoms with van der Waals surface area (Å²) in [6, 6.07) is 11.8. The van der Waals surface area contributed by atoms with Crippen molar-refractivity contribution in [3.8, 4) is 0 Å². The van der Waals surface area contributed by atoms with Crippen molar-refractivity contribution >= 4 is 32.6 Å². The maximum Gasteiger partial charge on any atom is 0.198 e. The molecule has 2 aromatic heterocycles. The number of rotatable bonds is 3. The van der Waals surface area contributed by atoms with Crippen LogP contribution in [-0.4, -0.2) is 14.9 Å². The van der Waals surface area contributed by atoms with Gasteiger partial charge in [-0.15, -0.1) is 0 Å². The van der Waals surface area contributed by atoms with Crippen molar-refractivity contribution in [1.29, 1.82) is 0 Å². The van der Waals surface area contributed by atoms with Crippen LogP contribution in [0.15, 0.2) is 53.3 Å². The molecule has 0 aliphatic heterocycles. The van der Waals surface area contributed by atoms with Gasteiger partial charge >= 0.3 is 0 Å². The van der Waals surface area contributed by atoms with Gasteiger partial charge in [0, 0.05) is 34.8 Å². The van der Waals surface area contributed by atoms with Crippen LogP contribution in [0.5, 0.6) is 0 Å². The molecular formula is C15H13BrN2O. The Hall–Kier alpha value is -1.81. The van der Waals surface area contributed by atoms with E-state index in [1.165, 1.54) is 0 Å². The fraction of sp³-hybridized carbons (Fsp3) is 0.133. The topological polar surface area (TPSA) is 26.9 Å². The average Bonchev–Trinajstić information content (AvgIpc) is 2.95. The number of hydrogen-bond acceptors (Lipinski definition) is 1. The lowest BCUT2D eigenvalue weighted by atomic mass is 10.2. The third-order valence-electron chi connectivity index (χ3n) is 3.28. The number of halogens is 1. The Bertz CT molecular complexity index is 754. The van der Waals surface area contributed by atoms with Crippen molar-refractivity contribution in [3.63, 3.8) is 0 Å². The van der Waals surface area contributed by atoms with E-state index < -0.39 is 0 Å². The lowest BCUT2D eigenvalue weighted by Crippen LogP contribution is -2.12. The van der Waals surface area contributed by atoms with Crippen LogP contribution < -0.4 is 0 Å². The van der Waals surface area contributed by atoms with E-state index in [0.717, 1.165) is 21.1 Å². The molecule has 0 aliphatic carbocycles. The van der Waals surface area contributed by atoms with Gasteiger partial charge in [-0.3, -0.25) is 4.79 Å². The molecule has 0 atom stereocenters. The molecule has 96 valence electrons. The molecule has 0 spiro atoms. The molecule has 0 saturated carbocycles. The van der Waals surface area contributed by atoms with Crippen molar-refractivity contribution in [2.75, 3.05) is 0 Å². The molecular weight excluding hydrogens is 304 g/mol. The molecule has 2 heterocycles. The molecule has 4 heteroatoms. The second kappa shape index (κ2) is 4.70.